The average Bonchev–Trinajstić information content (AvgIpc) is 3.00. The molecule has 0 bridgehead atoms. The van der Waals surface area contributed by atoms with Gasteiger partial charge < -0.3 is 10.2 Å². The van der Waals surface area contributed by atoms with Crippen LogP contribution in [-0.4, -0.2) is 49.6 Å². The molecule has 130 valence electrons. The summed E-state index contributed by atoms with van der Waals surface area (Å²) in [5.41, 5.74) is 1.79. The summed E-state index contributed by atoms with van der Waals surface area (Å²) in [6.07, 6.45) is 1.62. The summed E-state index contributed by atoms with van der Waals surface area (Å²) in [7, 11) is 0. The van der Waals surface area contributed by atoms with E-state index in [0.717, 1.165) is 42.6 Å². The highest BCUT2D eigenvalue weighted by Crippen LogP contribution is 2.23. The number of rotatable bonds is 4. The minimum Gasteiger partial charge on any atom is -0.368 e. The monoisotopic (exact) mass is 338 g/mol. The molecule has 1 fully saturated rings. The highest BCUT2D eigenvalue weighted by Gasteiger charge is 2.28. The van der Waals surface area contributed by atoms with Gasteiger partial charge >= 0.3 is 0 Å². The van der Waals surface area contributed by atoms with Crippen molar-refractivity contribution < 1.29 is 0 Å². The SMILES string of the molecule is CC(C)(C)c1ccc(NCC2CN(c3ccc4nncn4n3)C2)nn1. The molecule has 0 spiro atoms. The van der Waals surface area contributed by atoms with Gasteiger partial charge in [-0.2, -0.15) is 9.61 Å². The third-order valence-corrected chi connectivity index (χ3v) is 4.43. The molecule has 1 aliphatic rings. The third-order valence-electron chi connectivity index (χ3n) is 4.43. The van der Waals surface area contributed by atoms with Crippen LogP contribution in [0.15, 0.2) is 30.6 Å². The van der Waals surface area contributed by atoms with Gasteiger partial charge in [-0.1, -0.05) is 20.8 Å². The summed E-state index contributed by atoms with van der Waals surface area (Å²) in [5, 5.41) is 24.3. The number of nitrogens with one attached hydrogen (secondary N) is 1. The molecule has 3 aromatic rings. The number of hydrogen-bond acceptors (Lipinski definition) is 7. The van der Waals surface area contributed by atoms with Crippen LogP contribution in [0.5, 0.6) is 0 Å². The van der Waals surface area contributed by atoms with Crippen molar-refractivity contribution in [3.05, 3.63) is 36.3 Å². The zero-order valence-electron chi connectivity index (χ0n) is 14.7. The van der Waals surface area contributed by atoms with Crippen molar-refractivity contribution in [2.45, 2.75) is 26.2 Å². The van der Waals surface area contributed by atoms with E-state index in [1.54, 1.807) is 10.8 Å². The maximum atomic E-state index is 4.52. The normalized spacial score (nSPS) is 15.4. The van der Waals surface area contributed by atoms with E-state index in [1.807, 2.05) is 24.3 Å². The smallest absolute Gasteiger partial charge is 0.177 e. The quantitative estimate of drug-likeness (QED) is 0.776. The Kier molecular flexibility index (Phi) is 3.74. The third kappa shape index (κ3) is 3.24. The molecule has 0 radical (unpaired) electrons. The Morgan fingerprint density at radius 2 is 1.92 bits per heavy atom. The first kappa shape index (κ1) is 15.7. The van der Waals surface area contributed by atoms with E-state index < -0.39 is 0 Å². The first-order chi connectivity index (χ1) is 12.0. The molecule has 25 heavy (non-hydrogen) atoms. The lowest BCUT2D eigenvalue weighted by Crippen LogP contribution is -2.50. The molecule has 4 rings (SSSR count). The molecule has 0 aromatic carbocycles. The first-order valence-electron chi connectivity index (χ1n) is 8.49. The molecule has 3 aromatic heterocycles. The maximum Gasteiger partial charge on any atom is 0.177 e. The van der Waals surface area contributed by atoms with E-state index in [1.165, 1.54) is 0 Å². The molecule has 1 N–H and O–H groups in total. The zero-order chi connectivity index (χ0) is 17.4. The number of aromatic nitrogens is 6. The van der Waals surface area contributed by atoms with Gasteiger partial charge in [0.05, 0.1) is 5.69 Å². The van der Waals surface area contributed by atoms with Crippen LogP contribution >= 0.6 is 0 Å². The molecule has 0 saturated carbocycles. The highest BCUT2D eigenvalue weighted by atomic mass is 15.4. The Hall–Kier alpha value is -2.77. The maximum absolute atomic E-state index is 4.52. The van der Waals surface area contributed by atoms with Crippen LogP contribution in [0.4, 0.5) is 11.6 Å². The second-order valence-corrected chi connectivity index (χ2v) is 7.53. The number of nitrogens with zero attached hydrogens (tertiary/aromatic N) is 7. The van der Waals surface area contributed by atoms with Gasteiger partial charge in [-0.25, -0.2) is 0 Å². The Morgan fingerprint density at radius 1 is 1.08 bits per heavy atom. The van der Waals surface area contributed by atoms with Crippen molar-refractivity contribution in [1.29, 1.82) is 0 Å². The van der Waals surface area contributed by atoms with Crippen LogP contribution in [0.25, 0.3) is 5.65 Å². The van der Waals surface area contributed by atoms with Gasteiger partial charge in [-0.3, -0.25) is 0 Å². The van der Waals surface area contributed by atoms with Crippen LogP contribution < -0.4 is 10.2 Å². The Morgan fingerprint density at radius 3 is 2.64 bits per heavy atom. The average molecular weight is 338 g/mol. The molecule has 1 aliphatic heterocycles. The van der Waals surface area contributed by atoms with E-state index in [4.69, 9.17) is 0 Å². The van der Waals surface area contributed by atoms with Crippen molar-refractivity contribution in [3.8, 4) is 0 Å². The number of anilines is 2. The Labute approximate surface area is 146 Å². The fourth-order valence-electron chi connectivity index (χ4n) is 2.85. The van der Waals surface area contributed by atoms with E-state index in [9.17, 15) is 0 Å². The van der Waals surface area contributed by atoms with Crippen molar-refractivity contribution in [2.24, 2.45) is 5.92 Å². The number of fused-ring (bicyclic) bond motifs is 1. The van der Waals surface area contributed by atoms with Gasteiger partial charge in [0.25, 0.3) is 0 Å². The lowest BCUT2D eigenvalue weighted by molar-refractivity contribution is 0.424. The molecular formula is C17H22N8. The van der Waals surface area contributed by atoms with E-state index in [2.05, 4.69) is 56.5 Å². The predicted molar refractivity (Wildman–Crippen MR) is 95.7 cm³/mol. The summed E-state index contributed by atoms with van der Waals surface area (Å²) in [5.74, 6) is 2.36. The summed E-state index contributed by atoms with van der Waals surface area (Å²) in [6, 6.07) is 7.98. The van der Waals surface area contributed by atoms with Gasteiger partial charge in [0, 0.05) is 31.0 Å². The van der Waals surface area contributed by atoms with Crippen molar-refractivity contribution >= 4 is 17.3 Å². The van der Waals surface area contributed by atoms with Gasteiger partial charge in [-0.05, 0) is 24.3 Å². The topological polar surface area (TPSA) is 84.1 Å². The van der Waals surface area contributed by atoms with Crippen molar-refractivity contribution in [3.63, 3.8) is 0 Å². The van der Waals surface area contributed by atoms with Crippen molar-refractivity contribution in [1.82, 2.24) is 30.0 Å². The molecule has 8 nitrogen and oxygen atoms in total. The fourth-order valence-corrected chi connectivity index (χ4v) is 2.85. The van der Waals surface area contributed by atoms with Gasteiger partial charge in [0.1, 0.15) is 18.0 Å². The summed E-state index contributed by atoms with van der Waals surface area (Å²) in [6.45, 7) is 9.24. The van der Waals surface area contributed by atoms with E-state index in [0.29, 0.717) is 5.92 Å². The minimum absolute atomic E-state index is 0.0267. The van der Waals surface area contributed by atoms with Gasteiger partial charge in [0.2, 0.25) is 0 Å². The molecule has 0 unspecified atom stereocenters. The van der Waals surface area contributed by atoms with Crippen LogP contribution in [0.1, 0.15) is 26.5 Å². The van der Waals surface area contributed by atoms with E-state index >= 15 is 0 Å². The molecular weight excluding hydrogens is 316 g/mol. The largest absolute Gasteiger partial charge is 0.368 e. The number of hydrogen-bond donors (Lipinski definition) is 1. The van der Waals surface area contributed by atoms with Crippen LogP contribution in [0.3, 0.4) is 0 Å². The van der Waals surface area contributed by atoms with Crippen LogP contribution in [0, 0.1) is 5.92 Å². The fraction of sp³-hybridized carbons (Fsp3) is 0.471. The first-order valence-corrected chi connectivity index (χ1v) is 8.49. The molecule has 1 saturated heterocycles. The van der Waals surface area contributed by atoms with Crippen LogP contribution in [0.2, 0.25) is 0 Å². The van der Waals surface area contributed by atoms with Crippen LogP contribution in [-0.2, 0) is 5.41 Å². The second kappa shape index (κ2) is 5.94. The molecule has 4 heterocycles. The van der Waals surface area contributed by atoms with Gasteiger partial charge in [-0.15, -0.1) is 20.4 Å². The van der Waals surface area contributed by atoms with Crippen molar-refractivity contribution in [2.75, 3.05) is 29.9 Å². The Bertz CT molecular complexity index is 858. The lowest BCUT2D eigenvalue weighted by atomic mass is 9.92. The molecule has 8 heteroatoms. The zero-order valence-corrected chi connectivity index (χ0v) is 14.7. The summed E-state index contributed by atoms with van der Waals surface area (Å²) in [4.78, 5) is 2.25. The lowest BCUT2D eigenvalue weighted by Gasteiger charge is -2.40. The van der Waals surface area contributed by atoms with E-state index in [-0.39, 0.29) is 5.41 Å². The van der Waals surface area contributed by atoms with Gasteiger partial charge in [0.15, 0.2) is 5.65 Å². The predicted octanol–water partition coefficient (Wildman–Crippen LogP) is 1.76. The Balaban J connectivity index is 1.29. The molecule has 0 aliphatic carbocycles. The minimum atomic E-state index is 0.0267. The molecule has 0 atom stereocenters. The highest BCUT2D eigenvalue weighted by molar-refractivity contribution is 5.47. The second-order valence-electron chi connectivity index (χ2n) is 7.53. The molecule has 0 amide bonds. The summed E-state index contributed by atoms with van der Waals surface area (Å²) < 4.78 is 1.70. The standard InChI is InChI=1S/C17H22N8/c1-17(2,3)13-4-5-14(21-20-13)18-8-12-9-24(10-12)16-7-6-15-22-19-11-25(15)23-16/h4-7,11-12H,8-10H2,1-3H3,(H,18,21). The summed E-state index contributed by atoms with van der Waals surface area (Å²) >= 11 is 0.